The predicted molar refractivity (Wildman–Crippen MR) is 92.0 cm³/mol. The molecule has 2 N–H and O–H groups in total. The van der Waals surface area contributed by atoms with E-state index < -0.39 is 0 Å². The highest BCUT2D eigenvalue weighted by Gasteiger charge is 2.17. The summed E-state index contributed by atoms with van der Waals surface area (Å²) in [6.07, 6.45) is 6.24. The quantitative estimate of drug-likeness (QED) is 0.618. The molecule has 0 aliphatic heterocycles. The van der Waals surface area contributed by atoms with Gasteiger partial charge in [0, 0.05) is 19.2 Å². The van der Waals surface area contributed by atoms with Crippen LogP contribution in [0.15, 0.2) is 6.07 Å². The van der Waals surface area contributed by atoms with Gasteiger partial charge in [0.1, 0.15) is 17.5 Å². The second-order valence-electron chi connectivity index (χ2n) is 6.59. The first-order valence-electron chi connectivity index (χ1n) is 8.30. The molecule has 1 rings (SSSR count). The third-order valence-corrected chi connectivity index (χ3v) is 3.60. The van der Waals surface area contributed by atoms with E-state index in [1.54, 1.807) is 0 Å². The molecule has 0 spiro atoms. The van der Waals surface area contributed by atoms with E-state index in [2.05, 4.69) is 48.3 Å². The van der Waals surface area contributed by atoms with Crippen LogP contribution >= 0.6 is 0 Å². The summed E-state index contributed by atoms with van der Waals surface area (Å²) in [7, 11) is 0. The highest BCUT2D eigenvalue weighted by atomic mass is 15.1. The van der Waals surface area contributed by atoms with Crippen LogP contribution in [0.1, 0.15) is 65.6 Å². The summed E-state index contributed by atoms with van der Waals surface area (Å²) >= 11 is 0. The topological polar surface area (TPSA) is 49.8 Å². The van der Waals surface area contributed by atoms with Gasteiger partial charge in [0.15, 0.2) is 0 Å². The van der Waals surface area contributed by atoms with Gasteiger partial charge in [-0.15, -0.1) is 0 Å². The van der Waals surface area contributed by atoms with E-state index in [9.17, 15) is 0 Å². The number of hydrogen-bond acceptors (Lipinski definition) is 4. The lowest BCUT2D eigenvalue weighted by Gasteiger charge is -2.25. The lowest BCUT2D eigenvalue weighted by Crippen LogP contribution is -2.23. The smallest absolute Gasteiger partial charge is 0.131 e. The van der Waals surface area contributed by atoms with Gasteiger partial charge in [-0.2, -0.15) is 0 Å². The largest absolute Gasteiger partial charge is 0.370 e. The number of aryl methyl sites for hydroxylation is 1. The highest BCUT2D eigenvalue weighted by Crippen LogP contribution is 2.24. The van der Waals surface area contributed by atoms with Crippen molar-refractivity contribution < 1.29 is 0 Å². The Morgan fingerprint density at radius 1 is 1.00 bits per heavy atom. The lowest BCUT2D eigenvalue weighted by atomic mass is 9.87. The van der Waals surface area contributed by atoms with Crippen molar-refractivity contribution in [1.29, 1.82) is 0 Å². The molecule has 21 heavy (non-hydrogen) atoms. The third-order valence-electron chi connectivity index (χ3n) is 3.60. The normalized spacial score (nSPS) is 11.5. The minimum atomic E-state index is 0.297. The molecule has 1 aromatic rings. The van der Waals surface area contributed by atoms with Crippen LogP contribution in [-0.2, 0) is 0 Å². The third kappa shape index (κ3) is 7.30. The van der Waals surface area contributed by atoms with Gasteiger partial charge in [0.25, 0.3) is 0 Å². The van der Waals surface area contributed by atoms with Crippen LogP contribution in [0.2, 0.25) is 0 Å². The van der Waals surface area contributed by atoms with E-state index in [0.29, 0.717) is 5.41 Å². The van der Waals surface area contributed by atoms with E-state index in [1.807, 2.05) is 13.0 Å². The molecule has 0 amide bonds. The molecule has 0 aliphatic rings. The van der Waals surface area contributed by atoms with E-state index in [4.69, 9.17) is 0 Å². The summed E-state index contributed by atoms with van der Waals surface area (Å²) in [5, 5.41) is 6.80. The zero-order valence-electron chi connectivity index (χ0n) is 14.4. The van der Waals surface area contributed by atoms with Gasteiger partial charge in [0.2, 0.25) is 0 Å². The molecule has 0 aliphatic carbocycles. The molecule has 0 aromatic carbocycles. The molecular weight excluding hydrogens is 260 g/mol. The van der Waals surface area contributed by atoms with Crippen LogP contribution in [0.25, 0.3) is 0 Å². The molecule has 0 saturated carbocycles. The summed E-state index contributed by atoms with van der Waals surface area (Å²) in [5.41, 5.74) is 0.297. The molecule has 0 unspecified atom stereocenters. The molecule has 1 aromatic heterocycles. The fourth-order valence-corrected chi connectivity index (χ4v) is 2.27. The molecular formula is C17H32N4. The van der Waals surface area contributed by atoms with E-state index in [0.717, 1.165) is 37.0 Å². The van der Waals surface area contributed by atoms with Crippen molar-refractivity contribution in [2.24, 2.45) is 5.41 Å². The van der Waals surface area contributed by atoms with E-state index in [1.165, 1.54) is 25.7 Å². The van der Waals surface area contributed by atoms with Crippen molar-refractivity contribution in [2.75, 3.05) is 23.7 Å². The number of anilines is 2. The molecule has 1 heterocycles. The SMILES string of the molecule is CCCCCC(C)(C)CNc1cc(NCCC)nc(C)n1. The maximum atomic E-state index is 4.48. The van der Waals surface area contributed by atoms with Crippen molar-refractivity contribution in [3.8, 4) is 0 Å². The molecule has 0 saturated heterocycles. The summed E-state index contributed by atoms with van der Waals surface area (Å²) in [5.74, 6) is 2.64. The number of aromatic nitrogens is 2. The van der Waals surface area contributed by atoms with Crippen LogP contribution in [0.3, 0.4) is 0 Å². The van der Waals surface area contributed by atoms with E-state index in [-0.39, 0.29) is 0 Å². The van der Waals surface area contributed by atoms with Crippen molar-refractivity contribution in [1.82, 2.24) is 9.97 Å². The van der Waals surface area contributed by atoms with Gasteiger partial charge in [-0.1, -0.05) is 47.0 Å². The summed E-state index contributed by atoms with van der Waals surface area (Å²) in [4.78, 5) is 8.89. The van der Waals surface area contributed by atoms with E-state index >= 15 is 0 Å². The molecule has 0 radical (unpaired) electrons. The number of rotatable bonds is 10. The average Bonchev–Trinajstić information content (AvgIpc) is 2.43. The molecule has 0 fully saturated rings. The predicted octanol–water partition coefficient (Wildman–Crippen LogP) is 4.63. The van der Waals surface area contributed by atoms with Crippen LogP contribution in [0.5, 0.6) is 0 Å². The number of unbranched alkanes of at least 4 members (excludes halogenated alkanes) is 2. The first-order chi connectivity index (χ1) is 9.96. The zero-order chi connectivity index (χ0) is 15.7. The number of hydrogen-bond donors (Lipinski definition) is 2. The molecule has 0 bridgehead atoms. The maximum absolute atomic E-state index is 4.48. The lowest BCUT2D eigenvalue weighted by molar-refractivity contribution is 0.342. The Morgan fingerprint density at radius 2 is 1.67 bits per heavy atom. The van der Waals surface area contributed by atoms with Crippen LogP contribution < -0.4 is 10.6 Å². The summed E-state index contributed by atoms with van der Waals surface area (Å²) < 4.78 is 0. The first kappa shape index (κ1) is 17.7. The zero-order valence-corrected chi connectivity index (χ0v) is 14.4. The van der Waals surface area contributed by atoms with Gasteiger partial charge in [0.05, 0.1) is 0 Å². The molecule has 4 nitrogen and oxygen atoms in total. The Kier molecular flexibility index (Phi) is 7.48. The average molecular weight is 292 g/mol. The first-order valence-corrected chi connectivity index (χ1v) is 8.30. The molecule has 120 valence electrons. The Bertz CT molecular complexity index is 415. The van der Waals surface area contributed by atoms with Crippen molar-refractivity contribution in [3.05, 3.63) is 11.9 Å². The number of nitrogens with one attached hydrogen (secondary N) is 2. The van der Waals surface area contributed by atoms with Crippen LogP contribution in [0, 0.1) is 12.3 Å². The van der Waals surface area contributed by atoms with Gasteiger partial charge in [-0.3, -0.25) is 0 Å². The van der Waals surface area contributed by atoms with Crippen LogP contribution in [-0.4, -0.2) is 23.1 Å². The molecule has 0 atom stereocenters. The Morgan fingerprint density at radius 3 is 2.29 bits per heavy atom. The Balaban J connectivity index is 2.55. The minimum Gasteiger partial charge on any atom is -0.370 e. The fourth-order valence-electron chi connectivity index (χ4n) is 2.27. The highest BCUT2D eigenvalue weighted by molar-refractivity contribution is 5.47. The summed E-state index contributed by atoms with van der Waals surface area (Å²) in [6.45, 7) is 12.9. The van der Waals surface area contributed by atoms with Crippen molar-refractivity contribution in [2.45, 2.75) is 66.7 Å². The minimum absolute atomic E-state index is 0.297. The Labute approximate surface area is 130 Å². The van der Waals surface area contributed by atoms with Crippen molar-refractivity contribution in [3.63, 3.8) is 0 Å². The van der Waals surface area contributed by atoms with Crippen LogP contribution in [0.4, 0.5) is 11.6 Å². The standard InChI is InChI=1S/C17H32N4/c1-6-8-9-10-17(4,5)13-19-16-12-15(18-11-7-2)20-14(3)21-16/h12H,6-11,13H2,1-5H3,(H2,18,19,20,21). The fraction of sp³-hybridized carbons (Fsp3) is 0.765. The second-order valence-corrected chi connectivity index (χ2v) is 6.59. The molecule has 4 heteroatoms. The van der Waals surface area contributed by atoms with Gasteiger partial charge < -0.3 is 10.6 Å². The number of nitrogens with zero attached hydrogens (tertiary/aromatic N) is 2. The summed E-state index contributed by atoms with van der Waals surface area (Å²) in [6, 6.07) is 2.00. The second kappa shape index (κ2) is 8.85. The maximum Gasteiger partial charge on any atom is 0.131 e. The Hall–Kier alpha value is -1.32. The monoisotopic (exact) mass is 292 g/mol. The van der Waals surface area contributed by atoms with Gasteiger partial charge in [-0.05, 0) is 25.2 Å². The van der Waals surface area contributed by atoms with Gasteiger partial charge >= 0.3 is 0 Å². The van der Waals surface area contributed by atoms with Gasteiger partial charge in [-0.25, -0.2) is 9.97 Å². The van der Waals surface area contributed by atoms with Crippen molar-refractivity contribution >= 4 is 11.6 Å².